The summed E-state index contributed by atoms with van der Waals surface area (Å²) in [5.74, 6) is 0. The van der Waals surface area contributed by atoms with E-state index in [1.807, 2.05) is 54.7 Å². The zero-order valence-electron chi connectivity index (χ0n) is 12.4. The molecule has 2 aromatic carbocycles. The van der Waals surface area contributed by atoms with Gasteiger partial charge in [0.15, 0.2) is 0 Å². The lowest BCUT2D eigenvalue weighted by atomic mass is 9.95. The molecule has 0 fully saturated rings. The minimum absolute atomic E-state index is 0.503. The van der Waals surface area contributed by atoms with E-state index in [0.717, 1.165) is 22.3 Å². The molecule has 3 N–H and O–H groups in total. The molecule has 4 heteroatoms. The lowest BCUT2D eigenvalue weighted by Crippen LogP contribution is -2.19. The monoisotopic (exact) mass is 324 g/mol. The number of aromatic nitrogens is 1. The standard InChI is InChI=1S/C19H17ClN2O/c20-17-9-7-14(8-10-17)18(21)19(23)15-5-3-13(4-6-15)16-2-1-11-22-12-16/h1-12,18-19,23H,21H2. The fourth-order valence-electron chi connectivity index (χ4n) is 2.48. The van der Waals surface area contributed by atoms with Gasteiger partial charge >= 0.3 is 0 Å². The average molecular weight is 325 g/mol. The van der Waals surface area contributed by atoms with Crippen LogP contribution in [0.15, 0.2) is 73.1 Å². The molecule has 0 aliphatic heterocycles. The van der Waals surface area contributed by atoms with E-state index >= 15 is 0 Å². The number of pyridine rings is 1. The zero-order chi connectivity index (χ0) is 16.2. The van der Waals surface area contributed by atoms with E-state index in [0.29, 0.717) is 5.02 Å². The number of hydrogen-bond donors (Lipinski definition) is 2. The minimum Gasteiger partial charge on any atom is -0.386 e. The van der Waals surface area contributed by atoms with Gasteiger partial charge in [0.1, 0.15) is 0 Å². The lowest BCUT2D eigenvalue weighted by Gasteiger charge is -2.20. The number of nitrogens with zero attached hydrogens (tertiary/aromatic N) is 1. The third-order valence-corrected chi connectivity index (χ3v) is 4.09. The topological polar surface area (TPSA) is 59.1 Å². The maximum atomic E-state index is 10.5. The molecule has 23 heavy (non-hydrogen) atoms. The Morgan fingerprint density at radius 3 is 2.13 bits per heavy atom. The summed E-state index contributed by atoms with van der Waals surface area (Å²) < 4.78 is 0. The zero-order valence-corrected chi connectivity index (χ0v) is 13.2. The molecule has 3 rings (SSSR count). The van der Waals surface area contributed by atoms with Gasteiger partial charge in [-0.1, -0.05) is 54.1 Å². The first-order valence-corrected chi connectivity index (χ1v) is 7.72. The van der Waals surface area contributed by atoms with Crippen LogP contribution in [0, 0.1) is 0 Å². The van der Waals surface area contributed by atoms with Crippen molar-refractivity contribution in [1.82, 2.24) is 4.98 Å². The quantitative estimate of drug-likeness (QED) is 0.758. The van der Waals surface area contributed by atoms with Crippen LogP contribution in [-0.4, -0.2) is 10.1 Å². The molecule has 0 aliphatic carbocycles. The first-order chi connectivity index (χ1) is 11.1. The summed E-state index contributed by atoms with van der Waals surface area (Å²) in [5.41, 5.74) is 9.88. The Morgan fingerprint density at radius 2 is 1.52 bits per heavy atom. The van der Waals surface area contributed by atoms with Gasteiger partial charge in [-0.15, -0.1) is 0 Å². The van der Waals surface area contributed by atoms with Gasteiger partial charge < -0.3 is 10.8 Å². The molecule has 0 radical (unpaired) electrons. The van der Waals surface area contributed by atoms with Crippen molar-refractivity contribution in [3.8, 4) is 11.1 Å². The maximum absolute atomic E-state index is 10.5. The van der Waals surface area contributed by atoms with Crippen molar-refractivity contribution < 1.29 is 5.11 Å². The maximum Gasteiger partial charge on any atom is 0.0982 e. The van der Waals surface area contributed by atoms with E-state index in [4.69, 9.17) is 17.3 Å². The summed E-state index contributed by atoms with van der Waals surface area (Å²) in [6.45, 7) is 0. The van der Waals surface area contributed by atoms with Gasteiger partial charge in [-0.05, 0) is 40.5 Å². The predicted molar refractivity (Wildman–Crippen MR) is 93.0 cm³/mol. The third-order valence-electron chi connectivity index (χ3n) is 3.84. The molecule has 0 saturated carbocycles. The molecule has 1 heterocycles. The van der Waals surface area contributed by atoms with Gasteiger partial charge in [0.25, 0.3) is 0 Å². The Bertz CT molecular complexity index is 758. The fraction of sp³-hybridized carbons (Fsp3) is 0.105. The van der Waals surface area contributed by atoms with Crippen LogP contribution in [0.2, 0.25) is 5.02 Å². The highest BCUT2D eigenvalue weighted by Crippen LogP contribution is 2.29. The number of aliphatic hydroxyl groups is 1. The van der Waals surface area contributed by atoms with E-state index in [1.54, 1.807) is 18.3 Å². The average Bonchev–Trinajstić information content (AvgIpc) is 2.62. The van der Waals surface area contributed by atoms with Crippen LogP contribution in [-0.2, 0) is 0 Å². The van der Waals surface area contributed by atoms with Crippen LogP contribution in [0.4, 0.5) is 0 Å². The van der Waals surface area contributed by atoms with Gasteiger partial charge in [0, 0.05) is 17.4 Å². The number of rotatable bonds is 4. The van der Waals surface area contributed by atoms with E-state index in [1.165, 1.54) is 0 Å². The summed E-state index contributed by atoms with van der Waals surface area (Å²) in [6, 6.07) is 18.3. The highest BCUT2D eigenvalue weighted by Gasteiger charge is 2.18. The molecule has 0 spiro atoms. The number of aliphatic hydroxyl groups excluding tert-OH is 1. The lowest BCUT2D eigenvalue weighted by molar-refractivity contribution is 0.147. The fourth-order valence-corrected chi connectivity index (χ4v) is 2.61. The van der Waals surface area contributed by atoms with Gasteiger partial charge in [-0.3, -0.25) is 4.98 Å². The molecule has 116 valence electrons. The van der Waals surface area contributed by atoms with Crippen LogP contribution < -0.4 is 5.73 Å². The largest absolute Gasteiger partial charge is 0.386 e. The first-order valence-electron chi connectivity index (χ1n) is 7.34. The highest BCUT2D eigenvalue weighted by molar-refractivity contribution is 6.30. The smallest absolute Gasteiger partial charge is 0.0982 e. The summed E-state index contributed by atoms with van der Waals surface area (Å²) in [4.78, 5) is 4.11. The van der Waals surface area contributed by atoms with Crippen molar-refractivity contribution >= 4 is 11.6 Å². The first kappa shape index (κ1) is 15.7. The van der Waals surface area contributed by atoms with Crippen molar-refractivity contribution in [2.24, 2.45) is 5.73 Å². The van der Waals surface area contributed by atoms with Gasteiger partial charge in [-0.25, -0.2) is 0 Å². The minimum atomic E-state index is -0.779. The second-order valence-corrected chi connectivity index (χ2v) is 5.82. The summed E-state index contributed by atoms with van der Waals surface area (Å²) in [6.07, 6.45) is 2.77. The van der Waals surface area contributed by atoms with E-state index in [9.17, 15) is 5.11 Å². The van der Waals surface area contributed by atoms with Gasteiger partial charge in [0.2, 0.25) is 0 Å². The number of halogens is 1. The van der Waals surface area contributed by atoms with Crippen LogP contribution in [0.1, 0.15) is 23.3 Å². The van der Waals surface area contributed by atoms with E-state index < -0.39 is 12.1 Å². The van der Waals surface area contributed by atoms with Crippen molar-refractivity contribution in [3.05, 3.63) is 89.2 Å². The number of nitrogens with two attached hydrogens (primary N) is 1. The Morgan fingerprint density at radius 1 is 0.870 bits per heavy atom. The molecule has 3 nitrogen and oxygen atoms in total. The van der Waals surface area contributed by atoms with Crippen molar-refractivity contribution in [1.29, 1.82) is 0 Å². The Balaban J connectivity index is 1.80. The van der Waals surface area contributed by atoms with Gasteiger partial charge in [-0.2, -0.15) is 0 Å². The number of benzene rings is 2. The second kappa shape index (κ2) is 6.92. The summed E-state index contributed by atoms with van der Waals surface area (Å²) in [7, 11) is 0. The highest BCUT2D eigenvalue weighted by atomic mass is 35.5. The number of hydrogen-bond acceptors (Lipinski definition) is 3. The Labute approximate surface area is 140 Å². The molecule has 2 atom stereocenters. The molecule has 3 aromatic rings. The van der Waals surface area contributed by atoms with Crippen LogP contribution in [0.3, 0.4) is 0 Å². The molecular weight excluding hydrogens is 308 g/mol. The predicted octanol–water partition coefficient (Wildman–Crippen LogP) is 4.14. The van der Waals surface area contributed by atoms with Crippen molar-refractivity contribution in [3.63, 3.8) is 0 Å². The normalized spacial score (nSPS) is 13.5. The second-order valence-electron chi connectivity index (χ2n) is 5.39. The van der Waals surface area contributed by atoms with Crippen LogP contribution >= 0.6 is 11.6 Å². The van der Waals surface area contributed by atoms with Crippen LogP contribution in [0.5, 0.6) is 0 Å². The van der Waals surface area contributed by atoms with E-state index in [-0.39, 0.29) is 0 Å². The van der Waals surface area contributed by atoms with E-state index in [2.05, 4.69) is 4.98 Å². The Kier molecular flexibility index (Phi) is 4.72. The molecule has 2 unspecified atom stereocenters. The summed E-state index contributed by atoms with van der Waals surface area (Å²) in [5, 5.41) is 11.2. The SMILES string of the molecule is NC(c1ccc(Cl)cc1)C(O)c1ccc(-c2cccnc2)cc1. The van der Waals surface area contributed by atoms with Gasteiger partial charge in [0.05, 0.1) is 12.1 Å². The molecule has 0 amide bonds. The molecule has 0 saturated heterocycles. The van der Waals surface area contributed by atoms with Crippen molar-refractivity contribution in [2.75, 3.05) is 0 Å². The molecule has 1 aromatic heterocycles. The van der Waals surface area contributed by atoms with Crippen molar-refractivity contribution in [2.45, 2.75) is 12.1 Å². The summed E-state index contributed by atoms with van der Waals surface area (Å²) >= 11 is 5.88. The third kappa shape index (κ3) is 3.59. The molecular formula is C19H17ClN2O. The molecule has 0 bridgehead atoms. The Hall–Kier alpha value is -2.20. The molecule has 0 aliphatic rings. The van der Waals surface area contributed by atoms with Crippen LogP contribution in [0.25, 0.3) is 11.1 Å².